The van der Waals surface area contributed by atoms with Crippen molar-refractivity contribution < 1.29 is 9.90 Å². The van der Waals surface area contributed by atoms with Crippen molar-refractivity contribution in [1.29, 1.82) is 0 Å². The van der Waals surface area contributed by atoms with E-state index in [0.717, 1.165) is 12.8 Å². The maximum absolute atomic E-state index is 11.4. The average Bonchev–Trinajstić information content (AvgIpc) is 2.81. The van der Waals surface area contributed by atoms with Crippen molar-refractivity contribution in [3.63, 3.8) is 0 Å². The van der Waals surface area contributed by atoms with Gasteiger partial charge < -0.3 is 10.4 Å². The maximum atomic E-state index is 11.4. The third kappa shape index (κ3) is 3.32. The van der Waals surface area contributed by atoms with Crippen molar-refractivity contribution in [3.05, 3.63) is 21.9 Å². The average molecular weight is 309 g/mol. The number of aliphatic carboxylic acids is 1. The van der Waals surface area contributed by atoms with E-state index in [0.29, 0.717) is 18.0 Å². The van der Waals surface area contributed by atoms with Gasteiger partial charge in [-0.25, -0.2) is 0 Å². The van der Waals surface area contributed by atoms with Gasteiger partial charge in [-0.2, -0.15) is 0 Å². The summed E-state index contributed by atoms with van der Waals surface area (Å²) in [4.78, 5) is 14.1. The fourth-order valence-corrected chi connectivity index (χ4v) is 4.45. The number of carbonyl (C=O) groups is 1. The molecule has 2 rings (SSSR count). The summed E-state index contributed by atoms with van der Waals surface area (Å²) in [5.74, 6) is -0.534. The van der Waals surface area contributed by atoms with Crippen molar-refractivity contribution in [3.8, 4) is 0 Å². The molecular weight excluding hydrogens is 282 g/mol. The topological polar surface area (TPSA) is 49.3 Å². The number of rotatable bonds is 4. The van der Waals surface area contributed by atoms with E-state index in [1.165, 1.54) is 9.75 Å². The van der Waals surface area contributed by atoms with Crippen molar-refractivity contribution in [2.24, 2.45) is 17.3 Å². The number of aryl methyl sites for hydroxylation is 1. The highest BCUT2D eigenvalue weighted by Crippen LogP contribution is 2.45. The van der Waals surface area contributed by atoms with Gasteiger partial charge in [-0.15, -0.1) is 11.3 Å². The number of hydrogen-bond donors (Lipinski definition) is 2. The molecular formula is C17H27NO2S. The lowest BCUT2D eigenvalue weighted by atomic mass is 9.61. The van der Waals surface area contributed by atoms with Crippen LogP contribution in [0.25, 0.3) is 0 Å². The van der Waals surface area contributed by atoms with Gasteiger partial charge in [-0.3, -0.25) is 4.79 Å². The number of hydrogen-bond acceptors (Lipinski definition) is 3. The SMILES string of the molecule is Cc1ccc(C(C)NC2CCC(C(=O)O)C(C)(C)C2C)s1. The Kier molecular flexibility index (Phi) is 4.79. The molecule has 0 aliphatic heterocycles. The second-order valence-electron chi connectivity index (χ2n) is 7.02. The molecule has 1 aromatic rings. The number of carboxylic acids is 1. The molecule has 21 heavy (non-hydrogen) atoms. The molecule has 0 bridgehead atoms. The first kappa shape index (κ1) is 16.5. The van der Waals surface area contributed by atoms with Crippen molar-refractivity contribution >= 4 is 17.3 Å². The van der Waals surface area contributed by atoms with E-state index >= 15 is 0 Å². The normalized spacial score (nSPS) is 30.0. The van der Waals surface area contributed by atoms with Crippen molar-refractivity contribution in [2.45, 2.75) is 59.5 Å². The molecule has 0 saturated heterocycles. The van der Waals surface area contributed by atoms with Gasteiger partial charge in [0.25, 0.3) is 0 Å². The van der Waals surface area contributed by atoms with Gasteiger partial charge in [-0.05, 0) is 50.2 Å². The molecule has 0 amide bonds. The van der Waals surface area contributed by atoms with Crippen LogP contribution in [-0.2, 0) is 4.79 Å². The first-order valence-corrected chi connectivity index (χ1v) is 8.60. The van der Waals surface area contributed by atoms with Crippen LogP contribution in [0.1, 0.15) is 56.3 Å². The van der Waals surface area contributed by atoms with E-state index < -0.39 is 5.97 Å². The van der Waals surface area contributed by atoms with E-state index in [2.05, 4.69) is 52.1 Å². The molecule has 4 heteroatoms. The van der Waals surface area contributed by atoms with Gasteiger partial charge in [-0.1, -0.05) is 20.8 Å². The molecule has 1 heterocycles. The lowest BCUT2D eigenvalue weighted by Gasteiger charge is -2.47. The minimum Gasteiger partial charge on any atom is -0.481 e. The minimum atomic E-state index is -0.646. The van der Waals surface area contributed by atoms with Crippen LogP contribution in [0.15, 0.2) is 12.1 Å². The highest BCUT2D eigenvalue weighted by atomic mass is 32.1. The van der Waals surface area contributed by atoms with Crippen LogP contribution in [0, 0.1) is 24.2 Å². The lowest BCUT2D eigenvalue weighted by Crippen LogP contribution is -2.51. The van der Waals surface area contributed by atoms with Gasteiger partial charge in [0, 0.05) is 21.8 Å². The van der Waals surface area contributed by atoms with Gasteiger partial charge >= 0.3 is 5.97 Å². The molecule has 0 radical (unpaired) electrons. The van der Waals surface area contributed by atoms with Crippen LogP contribution in [-0.4, -0.2) is 17.1 Å². The zero-order valence-electron chi connectivity index (χ0n) is 13.6. The van der Waals surface area contributed by atoms with E-state index in [1.54, 1.807) is 0 Å². The monoisotopic (exact) mass is 309 g/mol. The zero-order chi connectivity index (χ0) is 15.8. The summed E-state index contributed by atoms with van der Waals surface area (Å²) in [5, 5.41) is 13.2. The van der Waals surface area contributed by atoms with Gasteiger partial charge in [0.1, 0.15) is 0 Å². The maximum Gasteiger partial charge on any atom is 0.307 e. The standard InChI is InChI=1S/C17H27NO2S/c1-10-6-9-15(21-10)12(3)18-14-8-7-13(16(19)20)17(4,5)11(14)2/h6,9,11-14,18H,7-8H2,1-5H3,(H,19,20). The van der Waals surface area contributed by atoms with Crippen LogP contribution >= 0.6 is 11.3 Å². The molecule has 2 N–H and O–H groups in total. The van der Waals surface area contributed by atoms with Crippen LogP contribution < -0.4 is 5.32 Å². The number of thiophene rings is 1. The summed E-state index contributed by atoms with van der Waals surface area (Å²) in [5.41, 5.74) is -0.174. The summed E-state index contributed by atoms with van der Waals surface area (Å²) in [6.45, 7) is 10.7. The Bertz CT molecular complexity index is 509. The summed E-state index contributed by atoms with van der Waals surface area (Å²) < 4.78 is 0. The van der Waals surface area contributed by atoms with Crippen LogP contribution in [0.2, 0.25) is 0 Å². The third-order valence-electron chi connectivity index (χ3n) is 5.39. The van der Waals surface area contributed by atoms with Crippen LogP contribution in [0.4, 0.5) is 0 Å². The summed E-state index contributed by atoms with van der Waals surface area (Å²) in [6, 6.07) is 5.06. The largest absolute Gasteiger partial charge is 0.481 e. The van der Waals surface area contributed by atoms with Gasteiger partial charge in [0.05, 0.1) is 5.92 Å². The molecule has 1 fully saturated rings. The Morgan fingerprint density at radius 1 is 1.43 bits per heavy atom. The molecule has 1 aromatic heterocycles. The Morgan fingerprint density at radius 2 is 2.10 bits per heavy atom. The summed E-state index contributed by atoms with van der Waals surface area (Å²) in [6.07, 6.45) is 1.71. The summed E-state index contributed by atoms with van der Waals surface area (Å²) >= 11 is 1.83. The highest BCUT2D eigenvalue weighted by Gasteiger charge is 2.46. The summed E-state index contributed by atoms with van der Waals surface area (Å²) in [7, 11) is 0. The quantitative estimate of drug-likeness (QED) is 0.875. The third-order valence-corrected chi connectivity index (χ3v) is 6.58. The molecule has 118 valence electrons. The lowest BCUT2D eigenvalue weighted by molar-refractivity contribution is -0.150. The Morgan fingerprint density at radius 3 is 2.62 bits per heavy atom. The molecule has 4 unspecified atom stereocenters. The molecule has 1 saturated carbocycles. The first-order chi connectivity index (χ1) is 9.73. The molecule has 1 aliphatic rings. The predicted octanol–water partition coefficient (Wildman–Crippen LogP) is 4.23. The molecule has 0 aromatic carbocycles. The van der Waals surface area contributed by atoms with Gasteiger partial charge in [0.2, 0.25) is 0 Å². The van der Waals surface area contributed by atoms with E-state index in [1.807, 2.05) is 11.3 Å². The molecule has 1 aliphatic carbocycles. The Labute approximate surface area is 131 Å². The number of carboxylic acid groups (broad SMARTS) is 1. The second-order valence-corrected chi connectivity index (χ2v) is 8.34. The van der Waals surface area contributed by atoms with E-state index in [9.17, 15) is 9.90 Å². The van der Waals surface area contributed by atoms with Crippen molar-refractivity contribution in [2.75, 3.05) is 0 Å². The van der Waals surface area contributed by atoms with Gasteiger partial charge in [0.15, 0.2) is 0 Å². The second kappa shape index (κ2) is 6.09. The fraction of sp³-hybridized carbons (Fsp3) is 0.706. The minimum absolute atomic E-state index is 0.174. The van der Waals surface area contributed by atoms with Crippen LogP contribution in [0.5, 0.6) is 0 Å². The van der Waals surface area contributed by atoms with Crippen LogP contribution in [0.3, 0.4) is 0 Å². The fourth-order valence-electron chi connectivity index (χ4n) is 3.56. The first-order valence-electron chi connectivity index (χ1n) is 7.78. The highest BCUT2D eigenvalue weighted by molar-refractivity contribution is 7.12. The molecule has 3 nitrogen and oxygen atoms in total. The zero-order valence-corrected chi connectivity index (χ0v) is 14.5. The van der Waals surface area contributed by atoms with Crippen molar-refractivity contribution in [1.82, 2.24) is 5.32 Å². The molecule has 0 spiro atoms. The Balaban J connectivity index is 2.07. The van der Waals surface area contributed by atoms with E-state index in [4.69, 9.17) is 0 Å². The predicted molar refractivity (Wildman–Crippen MR) is 87.7 cm³/mol. The Hall–Kier alpha value is -0.870. The van der Waals surface area contributed by atoms with E-state index in [-0.39, 0.29) is 11.3 Å². The number of nitrogens with one attached hydrogen (secondary N) is 1. The smallest absolute Gasteiger partial charge is 0.307 e. The molecule has 4 atom stereocenters.